The average Bonchev–Trinajstić information content (AvgIpc) is 2.52. The predicted molar refractivity (Wildman–Crippen MR) is 86.2 cm³/mol. The van der Waals surface area contributed by atoms with Crippen molar-refractivity contribution in [3.05, 3.63) is 35.9 Å². The molecule has 1 aromatic rings. The van der Waals surface area contributed by atoms with Crippen LogP contribution in [0.25, 0.3) is 0 Å². The van der Waals surface area contributed by atoms with E-state index in [2.05, 4.69) is 16.4 Å². The van der Waals surface area contributed by atoms with E-state index in [9.17, 15) is 19.5 Å². The van der Waals surface area contributed by atoms with Gasteiger partial charge >= 0.3 is 0 Å². The molecule has 0 unspecified atom stereocenters. The lowest BCUT2D eigenvalue weighted by molar-refractivity contribution is -0.406. The number of hydrogen-bond acceptors (Lipinski definition) is 4. The zero-order valence-electron chi connectivity index (χ0n) is 14.1. The quantitative estimate of drug-likeness (QED) is 0.494. The Bertz CT molecular complexity index is 560. The van der Waals surface area contributed by atoms with Gasteiger partial charge in [0.05, 0.1) is 18.6 Å². The summed E-state index contributed by atoms with van der Waals surface area (Å²) in [6.07, 6.45) is 0.733. The third kappa shape index (κ3) is 7.23. The summed E-state index contributed by atoms with van der Waals surface area (Å²) in [6.45, 7) is 3.67. The van der Waals surface area contributed by atoms with E-state index in [1.165, 1.54) is 0 Å². The lowest BCUT2D eigenvalue weighted by atomic mass is 10.0. The molecule has 0 aliphatic heterocycles. The molecule has 7 heteroatoms. The summed E-state index contributed by atoms with van der Waals surface area (Å²) in [5.74, 6) is -1.95. The van der Waals surface area contributed by atoms with Gasteiger partial charge in [-0.1, -0.05) is 44.2 Å². The molecule has 2 amide bonds. The summed E-state index contributed by atoms with van der Waals surface area (Å²) in [4.78, 5) is 34.9. The highest BCUT2D eigenvalue weighted by Gasteiger charge is 2.20. The molecular formula is C17H25N3O4. The molecule has 0 aliphatic rings. The van der Waals surface area contributed by atoms with Crippen LogP contribution in [0.1, 0.15) is 25.8 Å². The molecule has 0 spiro atoms. The van der Waals surface area contributed by atoms with E-state index in [-0.39, 0.29) is 18.9 Å². The van der Waals surface area contributed by atoms with E-state index >= 15 is 0 Å². The number of carbonyl (C=O) groups excluding carboxylic acids is 3. The van der Waals surface area contributed by atoms with Crippen molar-refractivity contribution in [1.82, 2.24) is 10.6 Å². The van der Waals surface area contributed by atoms with E-state index in [1.54, 1.807) is 24.3 Å². The highest BCUT2D eigenvalue weighted by molar-refractivity contribution is 5.88. The molecular weight excluding hydrogens is 310 g/mol. The van der Waals surface area contributed by atoms with Crippen LogP contribution in [0, 0.1) is 5.92 Å². The largest absolute Gasteiger partial charge is 0.548 e. The van der Waals surface area contributed by atoms with E-state index < -0.39 is 24.0 Å². The molecule has 1 aromatic carbocycles. The number of amides is 2. The van der Waals surface area contributed by atoms with Gasteiger partial charge in [-0.3, -0.25) is 9.59 Å². The third-order valence-corrected chi connectivity index (χ3v) is 3.45. The molecule has 24 heavy (non-hydrogen) atoms. The number of hydrogen-bond donors (Lipinski definition) is 3. The monoisotopic (exact) mass is 335 g/mol. The standard InChI is InChI=1S/C17H25N3O4/c1-11(2)8-13(18)16(22)19-10-15(21)20-14(17(23)24)9-12-6-4-3-5-7-12/h3-7,11,13-14H,8-10,18H2,1-2H3,(H,19,22)(H,20,21)(H,23,24)/t13-,14+/m0/s1. The molecule has 0 heterocycles. The minimum Gasteiger partial charge on any atom is -0.548 e. The zero-order valence-corrected chi connectivity index (χ0v) is 14.1. The van der Waals surface area contributed by atoms with Gasteiger partial charge in [0.1, 0.15) is 0 Å². The summed E-state index contributed by atoms with van der Waals surface area (Å²) < 4.78 is 0. The van der Waals surface area contributed by atoms with Gasteiger partial charge in [0.25, 0.3) is 5.91 Å². The van der Waals surface area contributed by atoms with Crippen molar-refractivity contribution in [2.75, 3.05) is 6.54 Å². The van der Waals surface area contributed by atoms with Crippen molar-refractivity contribution in [3.63, 3.8) is 0 Å². The molecule has 0 aliphatic carbocycles. The summed E-state index contributed by atoms with van der Waals surface area (Å²) in [7, 11) is 0. The van der Waals surface area contributed by atoms with Crippen LogP contribution in [-0.2, 0) is 20.8 Å². The predicted octanol–water partition coefficient (Wildman–Crippen LogP) is -1.76. The maximum absolute atomic E-state index is 11.9. The molecule has 0 bridgehead atoms. The van der Waals surface area contributed by atoms with Gasteiger partial charge in [0.15, 0.2) is 6.04 Å². The first kappa shape index (κ1) is 19.6. The molecule has 1 rings (SSSR count). The molecule has 7 nitrogen and oxygen atoms in total. The van der Waals surface area contributed by atoms with Gasteiger partial charge in [-0.05, 0) is 17.9 Å². The number of carboxylic acid groups (broad SMARTS) is 1. The van der Waals surface area contributed by atoms with Crippen LogP contribution < -0.4 is 21.5 Å². The summed E-state index contributed by atoms with van der Waals surface area (Å²) in [5, 5.41) is 16.0. The van der Waals surface area contributed by atoms with Crippen molar-refractivity contribution in [2.45, 2.75) is 38.8 Å². The number of benzene rings is 1. The van der Waals surface area contributed by atoms with Gasteiger partial charge in [-0.25, -0.2) is 0 Å². The normalized spacial score (nSPS) is 13.2. The molecule has 0 radical (unpaired) electrons. The number of carboxylic acids is 1. The Labute approximate surface area is 141 Å². The number of rotatable bonds is 9. The van der Waals surface area contributed by atoms with Crippen LogP contribution in [0.5, 0.6) is 0 Å². The fourth-order valence-corrected chi connectivity index (χ4v) is 2.28. The second-order valence-electron chi connectivity index (χ2n) is 6.17. The first-order chi connectivity index (χ1) is 11.3. The number of nitrogens with one attached hydrogen (secondary N) is 2. The molecule has 0 saturated carbocycles. The van der Waals surface area contributed by atoms with Crippen LogP contribution in [-0.4, -0.2) is 36.4 Å². The molecule has 2 atom stereocenters. The van der Waals surface area contributed by atoms with Crippen LogP contribution in [0.2, 0.25) is 0 Å². The van der Waals surface area contributed by atoms with Gasteiger partial charge < -0.3 is 26.3 Å². The van der Waals surface area contributed by atoms with Crippen LogP contribution in [0.15, 0.2) is 30.3 Å². The fourth-order valence-electron chi connectivity index (χ4n) is 2.28. The van der Waals surface area contributed by atoms with Gasteiger partial charge in [0, 0.05) is 6.42 Å². The van der Waals surface area contributed by atoms with Gasteiger partial charge in [-0.2, -0.15) is 0 Å². The summed E-state index contributed by atoms with van der Waals surface area (Å²) >= 11 is 0. The highest BCUT2D eigenvalue weighted by atomic mass is 16.4. The molecule has 0 aromatic heterocycles. The molecule has 0 saturated heterocycles. The maximum atomic E-state index is 11.9. The van der Waals surface area contributed by atoms with Gasteiger partial charge in [-0.15, -0.1) is 0 Å². The topological polar surface area (TPSA) is 126 Å². The lowest BCUT2D eigenvalue weighted by Gasteiger charge is -2.20. The van der Waals surface area contributed by atoms with Crippen molar-refractivity contribution in [1.29, 1.82) is 0 Å². The minimum atomic E-state index is -1.37. The second kappa shape index (κ2) is 9.67. The van der Waals surface area contributed by atoms with Crippen molar-refractivity contribution in [3.8, 4) is 0 Å². The fraction of sp³-hybridized carbons (Fsp3) is 0.471. The molecule has 132 valence electrons. The molecule has 5 N–H and O–H groups in total. The van der Waals surface area contributed by atoms with E-state index in [0.717, 1.165) is 5.56 Å². The molecule has 0 fully saturated rings. The summed E-state index contributed by atoms with van der Waals surface area (Å²) in [5.41, 5.74) is 4.52. The Morgan fingerprint density at radius 3 is 2.33 bits per heavy atom. The minimum absolute atomic E-state index is 0.119. The highest BCUT2D eigenvalue weighted by Crippen LogP contribution is 2.03. The smallest absolute Gasteiger partial charge is 0.278 e. The third-order valence-electron chi connectivity index (χ3n) is 3.45. The Morgan fingerprint density at radius 2 is 1.79 bits per heavy atom. The summed E-state index contributed by atoms with van der Waals surface area (Å²) in [6, 6.07) is 7.33. The second-order valence-corrected chi connectivity index (χ2v) is 6.17. The van der Waals surface area contributed by atoms with Crippen LogP contribution >= 0.6 is 0 Å². The Morgan fingerprint density at radius 1 is 1.17 bits per heavy atom. The maximum Gasteiger partial charge on any atom is 0.278 e. The van der Waals surface area contributed by atoms with E-state index in [1.807, 2.05) is 19.9 Å². The SMILES string of the molecule is CC(C)C[C@H]([NH3+])C(=O)NCC(=O)N[C@H](Cc1ccccc1)C(=O)[O-]. The van der Waals surface area contributed by atoms with E-state index in [4.69, 9.17) is 0 Å². The van der Waals surface area contributed by atoms with Gasteiger partial charge in [0.2, 0.25) is 5.91 Å². The first-order valence-electron chi connectivity index (χ1n) is 7.94. The number of carbonyl (C=O) groups is 3. The lowest BCUT2D eigenvalue weighted by Crippen LogP contribution is -2.68. The number of aliphatic carboxylic acids is 1. The Hall–Kier alpha value is -2.41. The first-order valence-corrected chi connectivity index (χ1v) is 7.94. The number of quaternary nitrogens is 1. The van der Waals surface area contributed by atoms with Crippen LogP contribution in [0.4, 0.5) is 0 Å². The van der Waals surface area contributed by atoms with Crippen molar-refractivity contribution < 1.29 is 25.2 Å². The Balaban J connectivity index is 2.48. The Kier molecular flexibility index (Phi) is 7.91. The van der Waals surface area contributed by atoms with Crippen molar-refractivity contribution >= 4 is 17.8 Å². The average molecular weight is 335 g/mol. The van der Waals surface area contributed by atoms with Crippen LogP contribution in [0.3, 0.4) is 0 Å². The zero-order chi connectivity index (χ0) is 18.1. The van der Waals surface area contributed by atoms with E-state index in [0.29, 0.717) is 12.3 Å². The van der Waals surface area contributed by atoms with Crippen molar-refractivity contribution in [2.24, 2.45) is 5.92 Å².